The van der Waals surface area contributed by atoms with Gasteiger partial charge in [0.2, 0.25) is 0 Å². The van der Waals surface area contributed by atoms with E-state index in [4.69, 9.17) is 0 Å². The van der Waals surface area contributed by atoms with Crippen molar-refractivity contribution < 1.29 is 9.90 Å². The van der Waals surface area contributed by atoms with Crippen LogP contribution in [0.3, 0.4) is 0 Å². The number of aliphatic carboxylic acids is 1. The number of rotatable bonds is 3. The lowest BCUT2D eigenvalue weighted by Crippen LogP contribution is -2.20. The van der Waals surface area contributed by atoms with Crippen LogP contribution in [0.15, 0.2) is 30.6 Å². The van der Waals surface area contributed by atoms with E-state index >= 15 is 0 Å². The second-order valence-electron chi connectivity index (χ2n) is 4.17. The van der Waals surface area contributed by atoms with Crippen molar-refractivity contribution in [1.82, 2.24) is 9.38 Å². The number of hydrogen-bond donors (Lipinski definition) is 1. The zero-order valence-electron chi connectivity index (χ0n) is 9.29. The first-order chi connectivity index (χ1) is 7.61. The van der Waals surface area contributed by atoms with E-state index in [1.165, 1.54) is 0 Å². The third kappa shape index (κ3) is 1.66. The number of imidazole rings is 1. The molecule has 16 heavy (non-hydrogen) atoms. The maximum Gasteiger partial charge on any atom is 0.312 e. The van der Waals surface area contributed by atoms with Crippen LogP contribution >= 0.6 is 0 Å². The van der Waals surface area contributed by atoms with Gasteiger partial charge < -0.3 is 9.51 Å². The summed E-state index contributed by atoms with van der Waals surface area (Å²) in [5, 5.41) is 9.26. The van der Waals surface area contributed by atoms with Crippen LogP contribution in [0, 0.1) is 5.92 Å². The van der Waals surface area contributed by atoms with E-state index in [1.54, 1.807) is 12.4 Å². The Hall–Kier alpha value is -1.84. The summed E-state index contributed by atoms with van der Waals surface area (Å²) in [5.41, 5.74) is 1.56. The molecule has 0 radical (unpaired) electrons. The summed E-state index contributed by atoms with van der Waals surface area (Å²) in [6.45, 7) is 3.82. The van der Waals surface area contributed by atoms with Gasteiger partial charge in [0, 0.05) is 18.1 Å². The van der Waals surface area contributed by atoms with Gasteiger partial charge in [-0.2, -0.15) is 0 Å². The highest BCUT2D eigenvalue weighted by molar-refractivity contribution is 5.76. The molecule has 0 aliphatic rings. The molecule has 2 heterocycles. The zero-order chi connectivity index (χ0) is 11.7. The lowest BCUT2D eigenvalue weighted by Gasteiger charge is -2.17. The summed E-state index contributed by atoms with van der Waals surface area (Å²) in [7, 11) is 0. The Morgan fingerprint density at radius 1 is 1.44 bits per heavy atom. The molecule has 4 heteroatoms. The summed E-state index contributed by atoms with van der Waals surface area (Å²) in [6.07, 6.45) is 3.47. The van der Waals surface area contributed by atoms with Gasteiger partial charge in [-0.3, -0.25) is 4.79 Å². The molecule has 0 aliphatic heterocycles. The van der Waals surface area contributed by atoms with Crippen molar-refractivity contribution in [1.29, 1.82) is 0 Å². The van der Waals surface area contributed by atoms with Gasteiger partial charge in [-0.15, -0.1) is 0 Å². The topological polar surface area (TPSA) is 54.6 Å². The summed E-state index contributed by atoms with van der Waals surface area (Å²) >= 11 is 0. The first-order valence-electron chi connectivity index (χ1n) is 5.26. The summed E-state index contributed by atoms with van der Waals surface area (Å²) in [6, 6.07) is 5.55. The van der Waals surface area contributed by atoms with Gasteiger partial charge >= 0.3 is 5.97 Å². The summed E-state index contributed by atoms with van der Waals surface area (Å²) < 4.78 is 1.83. The monoisotopic (exact) mass is 218 g/mol. The highest BCUT2D eigenvalue weighted by Gasteiger charge is 2.25. The van der Waals surface area contributed by atoms with E-state index in [1.807, 2.05) is 36.4 Å². The first-order valence-corrected chi connectivity index (χ1v) is 5.26. The van der Waals surface area contributed by atoms with Crippen LogP contribution in [-0.4, -0.2) is 20.5 Å². The Labute approximate surface area is 93.5 Å². The molecule has 0 bridgehead atoms. The van der Waals surface area contributed by atoms with Crippen molar-refractivity contribution in [2.75, 3.05) is 0 Å². The molecular weight excluding hydrogens is 204 g/mol. The summed E-state index contributed by atoms with van der Waals surface area (Å²) in [4.78, 5) is 15.4. The average molecular weight is 218 g/mol. The van der Waals surface area contributed by atoms with E-state index in [0.717, 1.165) is 11.3 Å². The molecule has 2 aromatic heterocycles. The van der Waals surface area contributed by atoms with Crippen molar-refractivity contribution >= 4 is 11.6 Å². The number of carbonyl (C=O) groups is 1. The number of carboxylic acids is 1. The second-order valence-corrected chi connectivity index (χ2v) is 4.17. The molecule has 0 aliphatic carbocycles. The molecular formula is C12H14N2O2. The minimum absolute atomic E-state index is 0.0468. The van der Waals surface area contributed by atoms with Gasteiger partial charge in [0.15, 0.2) is 0 Å². The number of nitrogens with zero attached hydrogens (tertiary/aromatic N) is 2. The molecule has 0 spiro atoms. The molecule has 0 fully saturated rings. The number of hydrogen-bond acceptors (Lipinski definition) is 2. The van der Waals surface area contributed by atoms with E-state index in [9.17, 15) is 9.90 Å². The normalized spacial score (nSPS) is 13.2. The molecule has 1 unspecified atom stereocenters. The van der Waals surface area contributed by atoms with Gasteiger partial charge in [0.25, 0.3) is 0 Å². The number of carboxylic acid groups (broad SMARTS) is 1. The molecule has 4 nitrogen and oxygen atoms in total. The Kier molecular flexibility index (Phi) is 2.64. The predicted octanol–water partition coefficient (Wildman–Crippen LogP) is 2.16. The largest absolute Gasteiger partial charge is 0.481 e. The van der Waals surface area contributed by atoms with Crippen LogP contribution in [0.25, 0.3) is 5.65 Å². The van der Waals surface area contributed by atoms with Crippen molar-refractivity contribution in [3.63, 3.8) is 0 Å². The fraction of sp³-hybridized carbons (Fsp3) is 0.333. The van der Waals surface area contributed by atoms with Crippen molar-refractivity contribution in [3.05, 3.63) is 36.3 Å². The molecule has 0 saturated carbocycles. The maximum absolute atomic E-state index is 11.3. The zero-order valence-corrected chi connectivity index (χ0v) is 9.29. The van der Waals surface area contributed by atoms with Crippen LogP contribution in [0.2, 0.25) is 0 Å². The molecule has 2 rings (SSSR count). The Morgan fingerprint density at radius 3 is 2.81 bits per heavy atom. The fourth-order valence-electron chi connectivity index (χ4n) is 1.98. The minimum atomic E-state index is -0.795. The third-order valence-electron chi connectivity index (χ3n) is 2.71. The van der Waals surface area contributed by atoms with E-state index in [0.29, 0.717) is 0 Å². The number of aromatic nitrogens is 2. The van der Waals surface area contributed by atoms with Gasteiger partial charge in [-0.25, -0.2) is 4.98 Å². The molecule has 0 aromatic carbocycles. The van der Waals surface area contributed by atoms with Gasteiger partial charge in [-0.05, 0) is 18.1 Å². The Balaban J connectivity index is 2.60. The average Bonchev–Trinajstić information content (AvgIpc) is 2.65. The standard InChI is InChI=1S/C12H14N2O2/c1-8(2)11(12(15)16)9-4-3-5-10-13-6-7-14(9)10/h3-8,11H,1-2H3,(H,15,16). The van der Waals surface area contributed by atoms with Crippen LogP contribution in [0.4, 0.5) is 0 Å². The predicted molar refractivity (Wildman–Crippen MR) is 60.4 cm³/mol. The number of fused-ring (bicyclic) bond motifs is 1. The van der Waals surface area contributed by atoms with E-state index in [-0.39, 0.29) is 5.92 Å². The first kappa shape index (κ1) is 10.7. The lowest BCUT2D eigenvalue weighted by molar-refractivity contribution is -0.140. The van der Waals surface area contributed by atoms with Crippen LogP contribution in [0.1, 0.15) is 25.5 Å². The quantitative estimate of drug-likeness (QED) is 0.858. The van der Waals surface area contributed by atoms with Crippen molar-refractivity contribution in [3.8, 4) is 0 Å². The molecule has 1 N–H and O–H groups in total. The van der Waals surface area contributed by atoms with E-state index < -0.39 is 11.9 Å². The molecule has 2 aromatic rings. The summed E-state index contributed by atoms with van der Waals surface area (Å²) in [5.74, 6) is -1.25. The SMILES string of the molecule is CC(C)C(C(=O)O)c1cccc2nccn12. The number of pyridine rings is 1. The van der Waals surface area contributed by atoms with Crippen LogP contribution in [0.5, 0.6) is 0 Å². The fourth-order valence-corrected chi connectivity index (χ4v) is 1.98. The molecule has 1 atom stereocenters. The van der Waals surface area contributed by atoms with Crippen LogP contribution < -0.4 is 0 Å². The van der Waals surface area contributed by atoms with Gasteiger partial charge in [-0.1, -0.05) is 19.9 Å². The highest BCUT2D eigenvalue weighted by Crippen LogP contribution is 2.25. The van der Waals surface area contributed by atoms with Gasteiger partial charge in [0.1, 0.15) is 5.65 Å². The Bertz CT molecular complexity index is 516. The smallest absolute Gasteiger partial charge is 0.312 e. The lowest BCUT2D eigenvalue weighted by atomic mass is 9.92. The van der Waals surface area contributed by atoms with Gasteiger partial charge in [0.05, 0.1) is 5.92 Å². The van der Waals surface area contributed by atoms with Crippen molar-refractivity contribution in [2.45, 2.75) is 19.8 Å². The molecule has 84 valence electrons. The van der Waals surface area contributed by atoms with Crippen molar-refractivity contribution in [2.24, 2.45) is 5.92 Å². The Morgan fingerprint density at radius 2 is 2.19 bits per heavy atom. The van der Waals surface area contributed by atoms with Crippen LogP contribution in [-0.2, 0) is 4.79 Å². The third-order valence-corrected chi connectivity index (χ3v) is 2.71. The second kappa shape index (κ2) is 3.96. The minimum Gasteiger partial charge on any atom is -0.481 e. The maximum atomic E-state index is 11.3. The highest BCUT2D eigenvalue weighted by atomic mass is 16.4. The molecule has 0 saturated heterocycles. The van der Waals surface area contributed by atoms with E-state index in [2.05, 4.69) is 4.98 Å². The molecule has 0 amide bonds.